The van der Waals surface area contributed by atoms with E-state index in [-0.39, 0.29) is 11.9 Å². The normalized spacial score (nSPS) is 14.3. The van der Waals surface area contributed by atoms with Crippen molar-refractivity contribution >= 4 is 45.2 Å². The quantitative estimate of drug-likeness (QED) is 0.535. The lowest BCUT2D eigenvalue weighted by atomic mass is 10.1. The van der Waals surface area contributed by atoms with Crippen molar-refractivity contribution in [3.8, 4) is 0 Å². The molecular formula is C23H27BrClN3O2. The Balaban J connectivity index is 1.39. The number of carbonyl (C=O) groups is 2. The smallest absolute Gasteiger partial charge is 0.321 e. The number of hydrogen-bond acceptors (Lipinski definition) is 2. The molecule has 0 spiro atoms. The van der Waals surface area contributed by atoms with Crippen LogP contribution in [0.3, 0.4) is 0 Å². The van der Waals surface area contributed by atoms with Crippen LogP contribution >= 0.6 is 27.5 Å². The molecule has 0 bridgehead atoms. The number of amides is 3. The van der Waals surface area contributed by atoms with Gasteiger partial charge in [0.05, 0.1) is 0 Å². The van der Waals surface area contributed by atoms with E-state index in [0.717, 1.165) is 30.2 Å². The second-order valence-electron chi connectivity index (χ2n) is 7.50. The summed E-state index contributed by atoms with van der Waals surface area (Å²) in [6, 6.07) is 15.3. The van der Waals surface area contributed by atoms with Gasteiger partial charge in [-0.2, -0.15) is 0 Å². The molecule has 0 unspecified atom stereocenters. The van der Waals surface area contributed by atoms with E-state index < -0.39 is 0 Å². The molecule has 0 radical (unpaired) electrons. The Hall–Kier alpha value is -2.05. The standard InChI is InChI=1S/C23H27BrClN3O2/c24-19-11-9-18(10-12-19)5-1-2-8-22(29)27-13-4-14-28(16-15-27)23(30)26-21-7-3-6-20(25)17-21/h3,6-7,9-12,17H,1-2,4-5,8,13-16H2,(H,26,30). The fourth-order valence-electron chi connectivity index (χ4n) is 3.55. The summed E-state index contributed by atoms with van der Waals surface area (Å²) < 4.78 is 1.08. The number of unbranched alkanes of at least 4 members (excludes halogenated alkanes) is 1. The average Bonchev–Trinajstić information content (AvgIpc) is 2.99. The first-order valence-electron chi connectivity index (χ1n) is 10.3. The third-order valence-corrected chi connectivity index (χ3v) is 5.99. The molecule has 0 aliphatic carbocycles. The van der Waals surface area contributed by atoms with Crippen molar-refractivity contribution in [1.29, 1.82) is 0 Å². The van der Waals surface area contributed by atoms with Crippen molar-refractivity contribution in [2.45, 2.75) is 32.1 Å². The maximum absolute atomic E-state index is 12.6. The molecule has 3 rings (SSSR count). The van der Waals surface area contributed by atoms with Crippen LogP contribution in [0.15, 0.2) is 53.0 Å². The van der Waals surface area contributed by atoms with Gasteiger partial charge >= 0.3 is 6.03 Å². The summed E-state index contributed by atoms with van der Waals surface area (Å²) >= 11 is 9.42. The largest absolute Gasteiger partial charge is 0.341 e. The number of rotatable bonds is 6. The second kappa shape index (κ2) is 11.4. The van der Waals surface area contributed by atoms with Crippen molar-refractivity contribution < 1.29 is 9.59 Å². The lowest BCUT2D eigenvalue weighted by molar-refractivity contribution is -0.131. The number of nitrogens with one attached hydrogen (secondary N) is 1. The number of urea groups is 1. The van der Waals surface area contributed by atoms with Gasteiger partial charge in [0.15, 0.2) is 0 Å². The van der Waals surface area contributed by atoms with E-state index in [0.29, 0.717) is 43.3 Å². The zero-order valence-corrected chi connectivity index (χ0v) is 19.3. The molecule has 0 atom stereocenters. The highest BCUT2D eigenvalue weighted by Crippen LogP contribution is 2.17. The minimum Gasteiger partial charge on any atom is -0.341 e. The lowest BCUT2D eigenvalue weighted by Crippen LogP contribution is -2.39. The molecule has 1 aliphatic rings. The summed E-state index contributed by atoms with van der Waals surface area (Å²) in [5.74, 6) is 0.183. The van der Waals surface area contributed by atoms with Crippen molar-refractivity contribution in [3.05, 3.63) is 63.6 Å². The highest BCUT2D eigenvalue weighted by molar-refractivity contribution is 9.10. The summed E-state index contributed by atoms with van der Waals surface area (Å²) in [5, 5.41) is 3.47. The molecule has 7 heteroatoms. The summed E-state index contributed by atoms with van der Waals surface area (Å²) in [4.78, 5) is 28.8. The molecule has 2 aromatic carbocycles. The molecule has 160 valence electrons. The molecule has 0 saturated carbocycles. The van der Waals surface area contributed by atoms with Crippen molar-refractivity contribution in [3.63, 3.8) is 0 Å². The van der Waals surface area contributed by atoms with Crippen LogP contribution in [0.5, 0.6) is 0 Å². The van der Waals surface area contributed by atoms with Gasteiger partial charge in [0.25, 0.3) is 0 Å². The third kappa shape index (κ3) is 7.03. The van der Waals surface area contributed by atoms with Crippen LogP contribution in [0.1, 0.15) is 31.2 Å². The highest BCUT2D eigenvalue weighted by atomic mass is 79.9. The molecule has 1 N–H and O–H groups in total. The van der Waals surface area contributed by atoms with Crippen LogP contribution in [-0.4, -0.2) is 47.9 Å². The van der Waals surface area contributed by atoms with Crippen molar-refractivity contribution in [2.24, 2.45) is 0 Å². The molecule has 5 nitrogen and oxygen atoms in total. The Labute approximate surface area is 191 Å². The maximum atomic E-state index is 12.6. The number of halogens is 2. The average molecular weight is 493 g/mol. The van der Waals surface area contributed by atoms with Gasteiger partial charge in [-0.15, -0.1) is 0 Å². The summed E-state index contributed by atoms with van der Waals surface area (Å²) in [6.07, 6.45) is 4.20. The van der Waals surface area contributed by atoms with E-state index in [2.05, 4.69) is 33.4 Å². The summed E-state index contributed by atoms with van der Waals surface area (Å²) in [5.41, 5.74) is 1.97. The Morgan fingerprint density at radius 3 is 2.47 bits per heavy atom. The Kier molecular flexibility index (Phi) is 8.58. The SMILES string of the molecule is O=C(CCCCc1ccc(Br)cc1)N1CCCN(C(=O)Nc2cccc(Cl)c2)CC1. The molecular weight excluding hydrogens is 466 g/mol. The van der Waals surface area contributed by atoms with Gasteiger partial charge in [-0.1, -0.05) is 45.7 Å². The maximum Gasteiger partial charge on any atom is 0.321 e. The van der Waals surface area contributed by atoms with E-state index in [4.69, 9.17) is 11.6 Å². The minimum absolute atomic E-state index is 0.152. The number of hydrogen-bond donors (Lipinski definition) is 1. The molecule has 1 heterocycles. The van der Waals surface area contributed by atoms with Crippen LogP contribution in [0.4, 0.5) is 10.5 Å². The second-order valence-corrected chi connectivity index (χ2v) is 8.85. The van der Waals surface area contributed by atoms with Crippen LogP contribution in [0, 0.1) is 0 Å². The van der Waals surface area contributed by atoms with Gasteiger partial charge in [0.1, 0.15) is 0 Å². The molecule has 2 aromatic rings. The minimum atomic E-state index is -0.152. The van der Waals surface area contributed by atoms with Crippen molar-refractivity contribution in [2.75, 3.05) is 31.5 Å². The number of aryl methyl sites for hydroxylation is 1. The highest BCUT2D eigenvalue weighted by Gasteiger charge is 2.21. The van der Waals surface area contributed by atoms with Gasteiger partial charge in [-0.25, -0.2) is 4.79 Å². The van der Waals surface area contributed by atoms with E-state index in [1.807, 2.05) is 23.1 Å². The van der Waals surface area contributed by atoms with Crippen LogP contribution < -0.4 is 5.32 Å². The molecule has 1 fully saturated rings. The van der Waals surface area contributed by atoms with Gasteiger partial charge < -0.3 is 15.1 Å². The third-order valence-electron chi connectivity index (χ3n) is 5.23. The number of carbonyl (C=O) groups excluding carboxylic acids is 2. The monoisotopic (exact) mass is 491 g/mol. The summed E-state index contributed by atoms with van der Waals surface area (Å²) in [7, 11) is 0. The van der Waals surface area contributed by atoms with Crippen LogP contribution in [-0.2, 0) is 11.2 Å². The first-order valence-corrected chi connectivity index (χ1v) is 11.5. The zero-order valence-electron chi connectivity index (χ0n) is 16.9. The summed E-state index contributed by atoms with van der Waals surface area (Å²) in [6.45, 7) is 2.46. The fourth-order valence-corrected chi connectivity index (χ4v) is 4.01. The van der Waals surface area contributed by atoms with Gasteiger partial charge in [0.2, 0.25) is 5.91 Å². The first kappa shape index (κ1) is 22.6. The first-order chi connectivity index (χ1) is 14.5. The van der Waals surface area contributed by atoms with Crippen molar-refractivity contribution in [1.82, 2.24) is 9.80 Å². The van der Waals surface area contributed by atoms with Crippen LogP contribution in [0.2, 0.25) is 5.02 Å². The van der Waals surface area contributed by atoms with E-state index in [1.54, 1.807) is 23.1 Å². The van der Waals surface area contributed by atoms with Gasteiger partial charge in [-0.05, 0) is 61.6 Å². The zero-order chi connectivity index (χ0) is 21.3. The Bertz CT molecular complexity index is 860. The topological polar surface area (TPSA) is 52.7 Å². The van der Waals surface area contributed by atoms with E-state index >= 15 is 0 Å². The molecule has 0 aromatic heterocycles. The molecule has 30 heavy (non-hydrogen) atoms. The predicted molar refractivity (Wildman–Crippen MR) is 125 cm³/mol. The van der Waals surface area contributed by atoms with E-state index in [1.165, 1.54) is 5.56 Å². The molecule has 1 saturated heterocycles. The lowest BCUT2D eigenvalue weighted by Gasteiger charge is -2.22. The predicted octanol–water partition coefficient (Wildman–Crippen LogP) is 5.58. The number of nitrogens with zero attached hydrogens (tertiary/aromatic N) is 2. The Morgan fingerprint density at radius 2 is 1.70 bits per heavy atom. The molecule has 3 amide bonds. The van der Waals surface area contributed by atoms with Gasteiger partial charge in [0, 0.05) is 47.8 Å². The number of benzene rings is 2. The fraction of sp³-hybridized carbons (Fsp3) is 0.391. The number of anilines is 1. The van der Waals surface area contributed by atoms with Gasteiger partial charge in [-0.3, -0.25) is 4.79 Å². The van der Waals surface area contributed by atoms with E-state index in [9.17, 15) is 9.59 Å². The Morgan fingerprint density at radius 1 is 0.967 bits per heavy atom. The molecule has 1 aliphatic heterocycles. The van der Waals surface area contributed by atoms with Crippen LogP contribution in [0.25, 0.3) is 0 Å².